The normalized spacial score (nSPS) is 35.8. The maximum absolute atomic E-state index is 5.63. The van der Waals surface area contributed by atoms with E-state index in [1.807, 2.05) is 0 Å². The van der Waals surface area contributed by atoms with Crippen LogP contribution in [0.2, 0.25) is 0 Å². The van der Waals surface area contributed by atoms with Gasteiger partial charge in [0.1, 0.15) is 0 Å². The molecule has 3 heteroatoms. The Morgan fingerprint density at radius 2 is 1.84 bits per heavy atom. The Kier molecular flexibility index (Phi) is 4.45. The molecule has 0 aromatic heterocycles. The molecule has 3 fully saturated rings. The minimum Gasteiger partial charge on any atom is -0.381 e. The highest BCUT2D eigenvalue weighted by molar-refractivity contribution is 4.92. The first kappa shape index (κ1) is 13.8. The van der Waals surface area contributed by atoms with Crippen molar-refractivity contribution < 1.29 is 4.74 Å². The van der Waals surface area contributed by atoms with E-state index in [4.69, 9.17) is 4.74 Å². The van der Waals surface area contributed by atoms with Crippen molar-refractivity contribution in [2.24, 2.45) is 5.41 Å². The third-order valence-electron chi connectivity index (χ3n) is 5.75. The molecule has 110 valence electrons. The molecule has 1 aliphatic carbocycles. The summed E-state index contributed by atoms with van der Waals surface area (Å²) in [5, 5.41) is 3.61. The van der Waals surface area contributed by atoms with E-state index in [0.717, 1.165) is 31.8 Å². The largest absolute Gasteiger partial charge is 0.381 e. The van der Waals surface area contributed by atoms with E-state index in [1.54, 1.807) is 0 Å². The number of ether oxygens (including phenoxy) is 1. The number of rotatable bonds is 3. The van der Waals surface area contributed by atoms with Crippen molar-refractivity contribution in [3.05, 3.63) is 0 Å². The maximum Gasteiger partial charge on any atom is 0.0524 e. The van der Waals surface area contributed by atoms with Crippen LogP contribution in [-0.4, -0.2) is 49.8 Å². The number of nitrogens with zero attached hydrogens (tertiary/aromatic N) is 1. The highest BCUT2D eigenvalue weighted by Crippen LogP contribution is 2.40. The number of piperidine rings is 1. The van der Waals surface area contributed by atoms with Crippen LogP contribution in [0.3, 0.4) is 0 Å². The molecule has 2 heterocycles. The van der Waals surface area contributed by atoms with E-state index in [1.165, 1.54) is 58.0 Å². The topological polar surface area (TPSA) is 24.5 Å². The van der Waals surface area contributed by atoms with Gasteiger partial charge in [0.15, 0.2) is 0 Å². The maximum atomic E-state index is 5.63. The lowest BCUT2D eigenvalue weighted by Gasteiger charge is -2.44. The first-order valence-electron chi connectivity index (χ1n) is 8.36. The molecule has 19 heavy (non-hydrogen) atoms. The molecule has 3 nitrogen and oxygen atoms in total. The number of likely N-dealkylation sites (tertiary alicyclic amines) is 1. The van der Waals surface area contributed by atoms with Gasteiger partial charge in [-0.3, -0.25) is 0 Å². The molecule has 1 saturated carbocycles. The van der Waals surface area contributed by atoms with Crippen LogP contribution >= 0.6 is 0 Å². The molecule has 0 radical (unpaired) electrons. The van der Waals surface area contributed by atoms with Crippen LogP contribution in [0.4, 0.5) is 0 Å². The summed E-state index contributed by atoms with van der Waals surface area (Å²) >= 11 is 0. The van der Waals surface area contributed by atoms with E-state index in [9.17, 15) is 0 Å². The van der Waals surface area contributed by atoms with Gasteiger partial charge in [-0.15, -0.1) is 0 Å². The van der Waals surface area contributed by atoms with Gasteiger partial charge in [0.25, 0.3) is 0 Å². The summed E-state index contributed by atoms with van der Waals surface area (Å²) in [6.45, 7) is 8.03. The van der Waals surface area contributed by atoms with E-state index in [2.05, 4.69) is 17.1 Å². The van der Waals surface area contributed by atoms with Gasteiger partial charge in [-0.05, 0) is 70.0 Å². The van der Waals surface area contributed by atoms with Gasteiger partial charge in [-0.2, -0.15) is 0 Å². The summed E-state index contributed by atoms with van der Waals surface area (Å²) in [6, 6.07) is 1.66. The molecule has 0 bridgehead atoms. The molecule has 0 atom stereocenters. The molecule has 0 aromatic carbocycles. The van der Waals surface area contributed by atoms with Crippen LogP contribution in [0.5, 0.6) is 0 Å². The van der Waals surface area contributed by atoms with Gasteiger partial charge in [-0.25, -0.2) is 0 Å². The van der Waals surface area contributed by atoms with Crippen molar-refractivity contribution in [3.8, 4) is 0 Å². The average molecular weight is 266 g/mol. The molecule has 3 rings (SSSR count). The summed E-state index contributed by atoms with van der Waals surface area (Å²) in [5.41, 5.74) is 0.567. The fourth-order valence-electron chi connectivity index (χ4n) is 4.34. The van der Waals surface area contributed by atoms with Crippen molar-refractivity contribution in [3.63, 3.8) is 0 Å². The van der Waals surface area contributed by atoms with E-state index in [-0.39, 0.29) is 0 Å². The summed E-state index contributed by atoms with van der Waals surface area (Å²) in [5.74, 6) is 0. The molecule has 2 aliphatic heterocycles. The van der Waals surface area contributed by atoms with E-state index < -0.39 is 0 Å². The van der Waals surface area contributed by atoms with Crippen molar-refractivity contribution in [2.45, 2.75) is 64.0 Å². The summed E-state index contributed by atoms with van der Waals surface area (Å²) in [7, 11) is 0. The van der Waals surface area contributed by atoms with Crippen molar-refractivity contribution in [2.75, 3.05) is 32.8 Å². The van der Waals surface area contributed by atoms with Gasteiger partial charge >= 0.3 is 0 Å². The molecule has 0 amide bonds. The zero-order chi connectivity index (χ0) is 13.1. The Morgan fingerprint density at radius 1 is 1.11 bits per heavy atom. The van der Waals surface area contributed by atoms with Crippen molar-refractivity contribution in [1.82, 2.24) is 10.2 Å². The Balaban J connectivity index is 1.44. The molecule has 3 aliphatic rings. The van der Waals surface area contributed by atoms with Gasteiger partial charge in [-0.1, -0.05) is 6.92 Å². The van der Waals surface area contributed by atoms with Crippen molar-refractivity contribution >= 4 is 0 Å². The van der Waals surface area contributed by atoms with Crippen molar-refractivity contribution in [1.29, 1.82) is 0 Å². The highest BCUT2D eigenvalue weighted by atomic mass is 16.5. The van der Waals surface area contributed by atoms with Gasteiger partial charge in [0.05, 0.1) is 6.61 Å². The van der Waals surface area contributed by atoms with E-state index in [0.29, 0.717) is 5.41 Å². The SMILES string of the molecule is CCNC1CCC(N2CCC3(CCOC3)CC2)CC1. The van der Waals surface area contributed by atoms with Crippen LogP contribution in [0, 0.1) is 5.41 Å². The van der Waals surface area contributed by atoms with Crippen LogP contribution in [-0.2, 0) is 4.74 Å². The van der Waals surface area contributed by atoms with Crippen LogP contribution in [0.25, 0.3) is 0 Å². The second-order valence-corrected chi connectivity index (χ2v) is 6.90. The Hall–Kier alpha value is -0.120. The van der Waals surface area contributed by atoms with Gasteiger partial charge in [0, 0.05) is 18.7 Å². The summed E-state index contributed by atoms with van der Waals surface area (Å²) in [6.07, 6.45) is 9.63. The lowest BCUT2D eigenvalue weighted by atomic mass is 9.77. The predicted octanol–water partition coefficient (Wildman–Crippen LogP) is 2.41. The Labute approximate surface area is 118 Å². The molecule has 0 unspecified atom stereocenters. The predicted molar refractivity (Wildman–Crippen MR) is 78.4 cm³/mol. The Morgan fingerprint density at radius 3 is 2.42 bits per heavy atom. The second kappa shape index (κ2) is 6.11. The third kappa shape index (κ3) is 3.14. The summed E-state index contributed by atoms with van der Waals surface area (Å²) in [4.78, 5) is 2.78. The first-order valence-corrected chi connectivity index (χ1v) is 8.36. The van der Waals surface area contributed by atoms with E-state index >= 15 is 0 Å². The molecule has 2 saturated heterocycles. The fraction of sp³-hybridized carbons (Fsp3) is 1.00. The average Bonchev–Trinajstić information content (AvgIpc) is 2.90. The monoisotopic (exact) mass is 266 g/mol. The third-order valence-corrected chi connectivity index (χ3v) is 5.75. The quantitative estimate of drug-likeness (QED) is 0.849. The number of nitrogens with one attached hydrogen (secondary N) is 1. The zero-order valence-electron chi connectivity index (χ0n) is 12.5. The molecule has 1 spiro atoms. The smallest absolute Gasteiger partial charge is 0.0524 e. The Bertz CT molecular complexity index is 270. The lowest BCUT2D eigenvalue weighted by molar-refractivity contribution is 0.0451. The molecule has 0 aromatic rings. The zero-order valence-corrected chi connectivity index (χ0v) is 12.5. The van der Waals surface area contributed by atoms with Gasteiger partial charge in [0.2, 0.25) is 0 Å². The second-order valence-electron chi connectivity index (χ2n) is 6.90. The standard InChI is InChI=1S/C16H30N2O/c1-2-17-14-3-5-15(6-4-14)18-10-7-16(8-11-18)9-12-19-13-16/h14-15,17H,2-13H2,1H3. The highest BCUT2D eigenvalue weighted by Gasteiger charge is 2.39. The fourth-order valence-corrected chi connectivity index (χ4v) is 4.34. The number of hydrogen-bond donors (Lipinski definition) is 1. The molecular formula is C16H30N2O. The molecule has 1 N–H and O–H groups in total. The van der Waals surface area contributed by atoms with Gasteiger partial charge < -0.3 is 15.0 Å². The number of hydrogen-bond acceptors (Lipinski definition) is 3. The van der Waals surface area contributed by atoms with Crippen LogP contribution < -0.4 is 5.32 Å². The lowest BCUT2D eigenvalue weighted by Crippen LogP contribution is -2.48. The van der Waals surface area contributed by atoms with Crippen LogP contribution in [0.15, 0.2) is 0 Å². The van der Waals surface area contributed by atoms with Crippen LogP contribution in [0.1, 0.15) is 51.9 Å². The minimum atomic E-state index is 0.567. The first-order chi connectivity index (χ1) is 9.31. The molecular weight excluding hydrogens is 236 g/mol. The minimum absolute atomic E-state index is 0.567. The summed E-state index contributed by atoms with van der Waals surface area (Å²) < 4.78 is 5.63.